The molecule has 0 aromatic carbocycles. The van der Waals surface area contributed by atoms with Crippen LogP contribution in [0.4, 0.5) is 0 Å². The van der Waals surface area contributed by atoms with Crippen LogP contribution >= 0.6 is 0 Å². The predicted octanol–water partition coefficient (Wildman–Crippen LogP) is 4.21. The van der Waals surface area contributed by atoms with E-state index in [2.05, 4.69) is 48.1 Å². The summed E-state index contributed by atoms with van der Waals surface area (Å²) in [5.74, 6) is -2.50. The monoisotopic (exact) mass is 616 g/mol. The number of cyclic esters (lactones) is 1. The van der Waals surface area contributed by atoms with Crippen molar-refractivity contribution in [2.75, 3.05) is 20.5 Å². The molecule has 6 atom stereocenters. The lowest BCUT2D eigenvalue weighted by Crippen LogP contribution is -2.74. The summed E-state index contributed by atoms with van der Waals surface area (Å²) in [6.07, 6.45) is -2.61. The van der Waals surface area contributed by atoms with Gasteiger partial charge in [-0.25, -0.2) is 9.59 Å². The third-order valence-electron chi connectivity index (χ3n) is 9.50. The van der Waals surface area contributed by atoms with Gasteiger partial charge in [0, 0.05) is 13.3 Å². The molecule has 0 spiro atoms. The van der Waals surface area contributed by atoms with E-state index in [1.807, 2.05) is 26.2 Å². The number of ether oxygens (including phenoxy) is 6. The van der Waals surface area contributed by atoms with Crippen LogP contribution in [0.15, 0.2) is 12.7 Å². The molecule has 3 heterocycles. The van der Waals surface area contributed by atoms with Gasteiger partial charge >= 0.3 is 17.9 Å². The Balaban J connectivity index is 2.47. The van der Waals surface area contributed by atoms with Gasteiger partial charge in [-0.3, -0.25) is 4.79 Å². The van der Waals surface area contributed by atoms with Gasteiger partial charge in [0.05, 0.1) is 7.11 Å². The van der Waals surface area contributed by atoms with Crippen molar-refractivity contribution < 1.29 is 51.7 Å². The summed E-state index contributed by atoms with van der Waals surface area (Å²) in [4.78, 5) is 40.3. The Morgan fingerprint density at radius 3 is 2.07 bits per heavy atom. The normalized spacial score (nSPS) is 34.2. The summed E-state index contributed by atoms with van der Waals surface area (Å²) >= 11 is 0. The molecule has 3 aliphatic rings. The summed E-state index contributed by atoms with van der Waals surface area (Å²) in [5, 5.41) is -0.576. The largest absolute Gasteiger partial charge is 0.467 e. The molecule has 0 saturated carbocycles. The van der Waals surface area contributed by atoms with Crippen molar-refractivity contribution in [3.05, 3.63) is 12.7 Å². The van der Waals surface area contributed by atoms with Crippen molar-refractivity contribution in [2.24, 2.45) is 0 Å². The molecule has 0 N–H and O–H groups in total. The fourth-order valence-electron chi connectivity index (χ4n) is 5.22. The van der Waals surface area contributed by atoms with Crippen LogP contribution in [0, 0.1) is 0 Å². The third-order valence-corrected chi connectivity index (χ3v) is 18.4. The first kappa shape index (κ1) is 33.9. The topological polar surface area (TPSA) is 125 Å². The van der Waals surface area contributed by atoms with Crippen molar-refractivity contribution in [2.45, 2.75) is 126 Å². The fourth-order valence-corrected chi connectivity index (χ4v) is 7.80. The van der Waals surface area contributed by atoms with Crippen molar-refractivity contribution >= 4 is 34.5 Å². The van der Waals surface area contributed by atoms with Gasteiger partial charge in [0.1, 0.15) is 25.6 Å². The summed E-state index contributed by atoms with van der Waals surface area (Å²) in [6.45, 7) is 25.0. The van der Waals surface area contributed by atoms with Gasteiger partial charge in [0.2, 0.25) is 17.5 Å². The maximum Gasteiger partial charge on any atom is 0.345 e. The third kappa shape index (κ3) is 5.14. The fraction of sp³-hybridized carbons (Fsp3) is 0.821. The molecule has 0 aliphatic carbocycles. The zero-order chi connectivity index (χ0) is 31.4. The molecule has 13 heteroatoms. The second kappa shape index (κ2) is 10.8. The molecule has 0 aromatic rings. The molecular weight excluding hydrogens is 568 g/mol. The van der Waals surface area contributed by atoms with Crippen LogP contribution in [0.1, 0.15) is 54.9 Å². The number of hydrogen-bond acceptors (Lipinski definition) is 11. The maximum atomic E-state index is 13.9. The summed E-state index contributed by atoms with van der Waals surface area (Å²) in [5.41, 5.74) is -6.12. The van der Waals surface area contributed by atoms with Crippen LogP contribution in [-0.2, 0) is 51.7 Å². The number of rotatable bonds is 8. The quantitative estimate of drug-likeness (QED) is 0.168. The molecule has 3 aliphatic heterocycles. The highest BCUT2D eigenvalue weighted by Gasteiger charge is 2.86. The highest BCUT2D eigenvalue weighted by Crippen LogP contribution is 2.59. The summed E-state index contributed by atoms with van der Waals surface area (Å²) in [6, 6.07) is 0. The van der Waals surface area contributed by atoms with E-state index < -0.39 is 69.8 Å². The molecule has 234 valence electrons. The second-order valence-corrected chi connectivity index (χ2v) is 23.6. The molecule has 0 aromatic heterocycles. The zero-order valence-electron chi connectivity index (χ0n) is 26.6. The lowest BCUT2D eigenvalue weighted by atomic mass is 9.68. The molecule has 3 rings (SSSR count). The van der Waals surface area contributed by atoms with E-state index in [9.17, 15) is 14.4 Å². The van der Waals surface area contributed by atoms with E-state index in [1.165, 1.54) is 20.1 Å². The van der Waals surface area contributed by atoms with E-state index in [4.69, 9.17) is 37.3 Å². The van der Waals surface area contributed by atoms with Gasteiger partial charge in [0.15, 0.2) is 22.2 Å². The number of hydrogen-bond donors (Lipinski definition) is 0. The van der Waals surface area contributed by atoms with Crippen molar-refractivity contribution in [3.8, 4) is 0 Å². The highest BCUT2D eigenvalue weighted by atomic mass is 28.4. The van der Waals surface area contributed by atoms with E-state index in [0.717, 1.165) is 0 Å². The lowest BCUT2D eigenvalue weighted by molar-refractivity contribution is -0.270. The van der Waals surface area contributed by atoms with Crippen molar-refractivity contribution in [3.63, 3.8) is 0 Å². The maximum absolute atomic E-state index is 13.9. The van der Waals surface area contributed by atoms with Crippen LogP contribution in [0.5, 0.6) is 0 Å². The minimum atomic E-state index is -2.70. The van der Waals surface area contributed by atoms with Crippen LogP contribution in [0.3, 0.4) is 0 Å². The van der Waals surface area contributed by atoms with Gasteiger partial charge in [-0.15, -0.1) is 6.58 Å². The van der Waals surface area contributed by atoms with Crippen molar-refractivity contribution in [1.82, 2.24) is 0 Å². The molecule has 11 nitrogen and oxygen atoms in total. The Kier molecular flexibility index (Phi) is 8.95. The SMILES string of the molecule is C=CCC1(C(=O)OC)O[C@@H](OC(C)=O)[C@H](O[Si](C)(C)C(C)(C)C)[C@H](O[Si](C)(C)C(C)(C)C)[C@]23COC(=O)[C@]12OCO3. The molecule has 0 bridgehead atoms. The Bertz CT molecular complexity index is 1060. The lowest BCUT2D eigenvalue weighted by Gasteiger charge is -2.49. The first-order valence-electron chi connectivity index (χ1n) is 13.9. The van der Waals surface area contributed by atoms with E-state index >= 15 is 0 Å². The summed E-state index contributed by atoms with van der Waals surface area (Å²) < 4.78 is 49.8. The van der Waals surface area contributed by atoms with Crippen LogP contribution in [0.25, 0.3) is 0 Å². The molecule has 1 unspecified atom stereocenters. The van der Waals surface area contributed by atoms with Crippen molar-refractivity contribution in [1.29, 1.82) is 0 Å². The minimum Gasteiger partial charge on any atom is -0.467 e. The van der Waals surface area contributed by atoms with E-state index in [0.29, 0.717) is 0 Å². The van der Waals surface area contributed by atoms with Gasteiger partial charge in [-0.1, -0.05) is 47.6 Å². The van der Waals surface area contributed by atoms with Crippen LogP contribution in [0.2, 0.25) is 36.3 Å². The average molecular weight is 617 g/mol. The number of esters is 3. The number of methoxy groups -OCH3 is 1. The van der Waals surface area contributed by atoms with Gasteiger partial charge < -0.3 is 37.3 Å². The van der Waals surface area contributed by atoms with Crippen LogP contribution in [-0.4, -0.2) is 90.4 Å². The van der Waals surface area contributed by atoms with Crippen LogP contribution < -0.4 is 0 Å². The smallest absolute Gasteiger partial charge is 0.345 e. The molecule has 0 amide bonds. The molecule has 0 radical (unpaired) electrons. The first-order chi connectivity index (χ1) is 18.6. The number of carbonyl (C=O) groups is 3. The second-order valence-electron chi connectivity index (χ2n) is 14.1. The Labute approximate surface area is 245 Å². The Hall–Kier alpha value is -1.62. The van der Waals surface area contributed by atoms with E-state index in [-0.39, 0.29) is 29.9 Å². The molecule has 41 heavy (non-hydrogen) atoms. The van der Waals surface area contributed by atoms with Gasteiger partial charge in [-0.2, -0.15) is 0 Å². The van der Waals surface area contributed by atoms with Gasteiger partial charge in [-0.05, 0) is 36.3 Å². The molecule has 3 saturated heterocycles. The van der Waals surface area contributed by atoms with E-state index in [1.54, 1.807) is 0 Å². The highest BCUT2D eigenvalue weighted by molar-refractivity contribution is 6.74. The average Bonchev–Trinajstić information content (AvgIpc) is 3.33. The zero-order valence-corrected chi connectivity index (χ0v) is 28.6. The standard InChI is InChI=1S/C28H48O11Si2/c1-14-15-26(22(30)32-9)28-23(31)33-16-27(28,34-17-35-28)20(39-41(12,13)25(6,7)8)19(21(37-26)36-18(2)29)38-40(10,11)24(3,4)5/h14,19-21H,1,15-17H2,2-13H3/t19-,20+,21-,26?,27-,28+/m1/s1. The number of carbonyl (C=O) groups excluding carboxylic acids is 3. The Morgan fingerprint density at radius 1 is 1.02 bits per heavy atom. The first-order valence-corrected chi connectivity index (χ1v) is 19.8. The minimum absolute atomic E-state index is 0.253. The summed E-state index contributed by atoms with van der Waals surface area (Å²) in [7, 11) is -4.20. The predicted molar refractivity (Wildman–Crippen MR) is 154 cm³/mol. The molecular formula is C28H48O11Si2. The van der Waals surface area contributed by atoms with Gasteiger partial charge in [0.25, 0.3) is 0 Å². The Morgan fingerprint density at radius 2 is 1.59 bits per heavy atom. The molecule has 3 fully saturated rings.